The predicted molar refractivity (Wildman–Crippen MR) is 346 cm³/mol. The molecule has 0 aliphatic heterocycles. The highest BCUT2D eigenvalue weighted by Gasteiger charge is 2.34. The summed E-state index contributed by atoms with van der Waals surface area (Å²) in [5.74, 6) is 0.434. The topological polar surface area (TPSA) is 40.5 Å². The van der Waals surface area contributed by atoms with Crippen molar-refractivity contribution in [1.82, 2.24) is 0 Å². The number of benzene rings is 17. The number of phenolic OH excluding ortho intramolecular Hbond substituents is 2. The Morgan fingerprint density at radius 3 is 0.463 bits per heavy atom. The molecule has 0 amide bonds. The molecule has 0 aromatic heterocycles. The van der Waals surface area contributed by atoms with Crippen molar-refractivity contribution in [2.24, 2.45) is 0 Å². The van der Waals surface area contributed by atoms with E-state index in [1.807, 2.05) is 24.3 Å². The van der Waals surface area contributed by atoms with Crippen molar-refractivity contribution in [3.05, 3.63) is 188 Å². The van der Waals surface area contributed by atoms with Crippen molar-refractivity contribution < 1.29 is 10.2 Å². The summed E-state index contributed by atoms with van der Waals surface area (Å²) in [6.45, 7) is 27.0. The Labute approximate surface area is 464 Å². The van der Waals surface area contributed by atoms with Crippen molar-refractivity contribution in [1.29, 1.82) is 0 Å². The van der Waals surface area contributed by atoms with Gasteiger partial charge in [-0.1, -0.05) is 70.8 Å². The van der Waals surface area contributed by atoms with Crippen LogP contribution in [0.25, 0.3) is 174 Å². The van der Waals surface area contributed by atoms with E-state index >= 15 is 0 Å². The van der Waals surface area contributed by atoms with Gasteiger partial charge in [-0.3, -0.25) is 0 Å². The first-order chi connectivity index (χ1) is 38.4. The van der Waals surface area contributed by atoms with Gasteiger partial charge in [-0.25, -0.2) is 0 Å². The maximum atomic E-state index is 12.2. The average Bonchev–Trinajstić information content (AvgIpc) is 0.801. The summed E-state index contributed by atoms with van der Waals surface area (Å²) in [4.78, 5) is 0. The van der Waals surface area contributed by atoms with Gasteiger partial charge in [-0.15, -0.1) is 0 Å². The molecule has 0 atom stereocenters. The molecule has 0 spiro atoms. The third-order valence-corrected chi connectivity index (χ3v) is 19.4. The number of rotatable bonds is 4. The van der Waals surface area contributed by atoms with E-state index in [0.29, 0.717) is 0 Å². The molecule has 0 radical (unpaired) electrons. The maximum Gasteiger partial charge on any atom is 0.116 e. The molecule has 17 rings (SSSR count). The number of aryl methyl sites for hydroxylation is 12. The Morgan fingerprint density at radius 2 is 0.312 bits per heavy atom. The largest absolute Gasteiger partial charge is 0.508 e. The molecule has 0 aliphatic carbocycles. The molecule has 0 unspecified atom stereocenters. The monoisotopic (exact) mass is 1030 g/mol. The summed E-state index contributed by atoms with van der Waals surface area (Å²) >= 11 is 0. The summed E-state index contributed by atoms with van der Waals surface area (Å²) in [5, 5.41) is 53.4. The van der Waals surface area contributed by atoms with Crippen LogP contribution in [0.5, 0.6) is 11.5 Å². The first kappa shape index (κ1) is 46.0. The second kappa shape index (κ2) is 15.0. The van der Waals surface area contributed by atoms with Gasteiger partial charge in [-0.2, -0.15) is 0 Å². The molecule has 17 aromatic carbocycles. The van der Waals surface area contributed by atoms with Crippen molar-refractivity contribution in [2.45, 2.75) is 83.1 Å². The fourth-order valence-corrected chi connectivity index (χ4v) is 17.4. The van der Waals surface area contributed by atoms with Gasteiger partial charge in [0.2, 0.25) is 0 Å². The fraction of sp³-hybridized carbons (Fsp3) is 0.154. The van der Waals surface area contributed by atoms with E-state index in [1.54, 1.807) is 0 Å². The molecular formula is C78H58O2. The van der Waals surface area contributed by atoms with E-state index in [2.05, 4.69) is 180 Å². The van der Waals surface area contributed by atoms with E-state index < -0.39 is 0 Å². The van der Waals surface area contributed by atoms with Crippen LogP contribution in [-0.4, -0.2) is 10.2 Å². The summed E-state index contributed by atoms with van der Waals surface area (Å²) in [6, 6.07) is 46.8. The minimum atomic E-state index is 0.217. The Balaban J connectivity index is 1.24. The number of phenols is 2. The number of hydrogen-bond donors (Lipinski definition) is 2. The van der Waals surface area contributed by atoms with Crippen LogP contribution in [0.15, 0.2) is 121 Å². The minimum absolute atomic E-state index is 0.217. The lowest BCUT2D eigenvalue weighted by molar-refractivity contribution is 0.476. The lowest BCUT2D eigenvalue weighted by atomic mass is 9.72. The zero-order valence-electron chi connectivity index (χ0n) is 47.4. The third-order valence-electron chi connectivity index (χ3n) is 19.4. The molecule has 0 saturated carbocycles. The van der Waals surface area contributed by atoms with Crippen molar-refractivity contribution in [2.75, 3.05) is 0 Å². The molecule has 2 N–H and O–H groups in total. The molecule has 0 aliphatic rings. The molecule has 2 heteroatoms. The van der Waals surface area contributed by atoms with E-state index in [1.165, 1.54) is 197 Å². The quantitative estimate of drug-likeness (QED) is 0.136. The van der Waals surface area contributed by atoms with Gasteiger partial charge in [-0.05, 0) is 374 Å². The molecule has 382 valence electrons. The standard InChI is InChI=1S/C78H58O2/c1-33-13-37(5)63(38(6)14-33)45-21-51-52-22-46(64-39(7)15-34(2)16-40(64)8)24-54-56-26-48(66-43(11)19-36(4)20-44(66)12)28-58-60-30-50(80)32-62-61-31-49(79)29-59-57-27-47(65-41(9)17-35(3)18-42(65)10)25-55-53(23-45)67(51)73-74(68(52)54)76(70(56)58)78(72(60)62)77(71(59)61)75(73)69(55)57/h13-32,79-80H,1-12H3. The summed E-state index contributed by atoms with van der Waals surface area (Å²) in [7, 11) is 0. The van der Waals surface area contributed by atoms with Crippen molar-refractivity contribution in [3.8, 4) is 56.0 Å². The van der Waals surface area contributed by atoms with Crippen molar-refractivity contribution in [3.63, 3.8) is 0 Å². The highest BCUT2D eigenvalue weighted by molar-refractivity contribution is 6.61. The van der Waals surface area contributed by atoms with Gasteiger partial charge in [0.25, 0.3) is 0 Å². The van der Waals surface area contributed by atoms with Crippen LogP contribution in [0, 0.1) is 83.1 Å². The number of aromatic hydroxyl groups is 2. The highest BCUT2D eigenvalue weighted by atomic mass is 16.3. The van der Waals surface area contributed by atoms with Crippen LogP contribution in [0.2, 0.25) is 0 Å². The van der Waals surface area contributed by atoms with Crippen LogP contribution in [0.3, 0.4) is 0 Å². The maximum absolute atomic E-state index is 12.2. The summed E-state index contributed by atoms with van der Waals surface area (Å²) < 4.78 is 0. The Hall–Kier alpha value is -8.98. The zero-order chi connectivity index (χ0) is 54.7. The van der Waals surface area contributed by atoms with Gasteiger partial charge in [0.05, 0.1) is 0 Å². The van der Waals surface area contributed by atoms with E-state index in [-0.39, 0.29) is 11.5 Å². The summed E-state index contributed by atoms with van der Waals surface area (Å²) in [6.07, 6.45) is 0. The van der Waals surface area contributed by atoms with Crippen LogP contribution in [0.4, 0.5) is 0 Å². The smallest absolute Gasteiger partial charge is 0.116 e. The van der Waals surface area contributed by atoms with Gasteiger partial charge < -0.3 is 10.2 Å². The van der Waals surface area contributed by atoms with Gasteiger partial charge in [0.1, 0.15) is 11.5 Å². The van der Waals surface area contributed by atoms with Gasteiger partial charge >= 0.3 is 0 Å². The normalized spacial score (nSPS) is 12.8. The highest BCUT2D eigenvalue weighted by Crippen LogP contribution is 2.62. The first-order valence-corrected chi connectivity index (χ1v) is 28.5. The Bertz CT molecular complexity index is 5220. The van der Waals surface area contributed by atoms with Crippen LogP contribution >= 0.6 is 0 Å². The molecule has 2 nitrogen and oxygen atoms in total. The minimum Gasteiger partial charge on any atom is -0.508 e. The lowest BCUT2D eigenvalue weighted by Gasteiger charge is -2.30. The van der Waals surface area contributed by atoms with Gasteiger partial charge in [0, 0.05) is 0 Å². The predicted octanol–water partition coefficient (Wildman–Crippen LogP) is 21.9. The van der Waals surface area contributed by atoms with Crippen LogP contribution in [-0.2, 0) is 0 Å². The van der Waals surface area contributed by atoms with Gasteiger partial charge in [0.15, 0.2) is 0 Å². The van der Waals surface area contributed by atoms with E-state index in [0.717, 1.165) is 43.1 Å². The Kier molecular flexibility index (Phi) is 8.63. The second-order valence-electron chi connectivity index (χ2n) is 25.0. The zero-order valence-corrected chi connectivity index (χ0v) is 47.4. The molecule has 0 fully saturated rings. The summed E-state index contributed by atoms with van der Waals surface area (Å²) in [5.41, 5.74) is 25.0. The lowest BCUT2D eigenvalue weighted by Crippen LogP contribution is -2.02. The Morgan fingerprint density at radius 1 is 0.175 bits per heavy atom. The van der Waals surface area contributed by atoms with Crippen LogP contribution < -0.4 is 0 Å². The molecule has 0 bridgehead atoms. The first-order valence-electron chi connectivity index (χ1n) is 28.5. The third kappa shape index (κ3) is 5.59. The molecule has 0 heterocycles. The van der Waals surface area contributed by atoms with E-state index in [4.69, 9.17) is 0 Å². The molecule has 17 aromatic rings. The SMILES string of the molecule is Cc1cc(C)c(-c2cc3c4cc(O)cc5c6cc(O)cc7c8cc(-c9c(C)cc(C)cc9C)cc9c%10cc(-c%11c(C)cc(C)cc%11C)cc%11c%12cc(-c%13c(C)cc(C)cc%13C)cc%13c(c2)c3c2c(c54)c(c67)c(c89)c(c%10%11)c2c%13%12)c(C)c1. The average molecular weight is 1030 g/mol. The van der Waals surface area contributed by atoms with Crippen molar-refractivity contribution >= 4 is 129 Å². The number of fused-ring (bicyclic) bond motifs is 6. The van der Waals surface area contributed by atoms with E-state index in [9.17, 15) is 10.2 Å². The molecule has 80 heavy (non-hydrogen) atoms. The molecule has 0 saturated heterocycles. The fourth-order valence-electron chi connectivity index (χ4n) is 17.4. The second-order valence-corrected chi connectivity index (χ2v) is 25.0. The number of hydrogen-bond acceptors (Lipinski definition) is 2. The van der Waals surface area contributed by atoms with Crippen LogP contribution in [0.1, 0.15) is 66.8 Å². The molecular weight excluding hydrogens is 969 g/mol.